The van der Waals surface area contributed by atoms with Gasteiger partial charge in [0, 0.05) is 12.6 Å². The van der Waals surface area contributed by atoms with Crippen molar-refractivity contribution in [3.8, 4) is 0 Å². The SMILES string of the molecule is CC1(C(=O)N[C@H]2CCCNC2)CCCc2ccccc21.Cl. The van der Waals surface area contributed by atoms with Gasteiger partial charge in [0.2, 0.25) is 5.91 Å². The molecular formula is C17H25ClN2O. The molecule has 0 radical (unpaired) electrons. The lowest BCUT2D eigenvalue weighted by molar-refractivity contribution is -0.127. The summed E-state index contributed by atoms with van der Waals surface area (Å²) in [5.74, 6) is 0.207. The summed E-state index contributed by atoms with van der Waals surface area (Å²) < 4.78 is 0. The number of carbonyl (C=O) groups excluding carboxylic acids is 1. The van der Waals surface area contributed by atoms with Crippen LogP contribution >= 0.6 is 12.4 Å². The third-order valence-corrected chi connectivity index (χ3v) is 4.87. The first-order chi connectivity index (χ1) is 9.70. The number of hydrogen-bond donors (Lipinski definition) is 2. The van der Waals surface area contributed by atoms with E-state index in [9.17, 15) is 4.79 Å². The van der Waals surface area contributed by atoms with E-state index in [1.54, 1.807) is 0 Å². The van der Waals surface area contributed by atoms with Crippen molar-refractivity contribution >= 4 is 18.3 Å². The topological polar surface area (TPSA) is 41.1 Å². The lowest BCUT2D eigenvalue weighted by Gasteiger charge is -2.36. The summed E-state index contributed by atoms with van der Waals surface area (Å²) in [6, 6.07) is 8.72. The Hall–Kier alpha value is -1.06. The van der Waals surface area contributed by atoms with Crippen LogP contribution in [-0.2, 0) is 16.6 Å². The molecule has 3 rings (SSSR count). The highest BCUT2D eigenvalue weighted by Crippen LogP contribution is 2.37. The number of fused-ring (bicyclic) bond motifs is 1. The van der Waals surface area contributed by atoms with Crippen molar-refractivity contribution in [3.05, 3.63) is 35.4 Å². The molecule has 0 bridgehead atoms. The number of rotatable bonds is 2. The molecule has 1 fully saturated rings. The van der Waals surface area contributed by atoms with Gasteiger partial charge in [-0.3, -0.25) is 4.79 Å². The highest BCUT2D eigenvalue weighted by atomic mass is 35.5. The maximum absolute atomic E-state index is 12.8. The zero-order valence-corrected chi connectivity index (χ0v) is 13.5. The predicted molar refractivity (Wildman–Crippen MR) is 88.0 cm³/mol. The molecule has 1 aromatic carbocycles. The Labute approximate surface area is 133 Å². The van der Waals surface area contributed by atoms with Crippen molar-refractivity contribution < 1.29 is 4.79 Å². The Kier molecular flexibility index (Phi) is 5.28. The van der Waals surface area contributed by atoms with Crippen molar-refractivity contribution in [2.75, 3.05) is 13.1 Å². The van der Waals surface area contributed by atoms with Gasteiger partial charge < -0.3 is 10.6 Å². The fourth-order valence-corrected chi connectivity index (χ4v) is 3.60. The first-order valence-electron chi connectivity index (χ1n) is 7.80. The summed E-state index contributed by atoms with van der Waals surface area (Å²) in [7, 11) is 0. The highest BCUT2D eigenvalue weighted by Gasteiger charge is 2.39. The summed E-state index contributed by atoms with van der Waals surface area (Å²) >= 11 is 0. The number of aryl methyl sites for hydroxylation is 1. The molecular weight excluding hydrogens is 284 g/mol. The molecule has 0 aromatic heterocycles. The fourth-order valence-electron chi connectivity index (χ4n) is 3.60. The molecule has 0 saturated carbocycles. The predicted octanol–water partition coefficient (Wildman–Crippen LogP) is 2.57. The summed E-state index contributed by atoms with van der Waals surface area (Å²) in [6.45, 7) is 4.09. The second kappa shape index (κ2) is 6.80. The minimum atomic E-state index is -0.355. The van der Waals surface area contributed by atoms with E-state index in [2.05, 4.69) is 41.8 Å². The quantitative estimate of drug-likeness (QED) is 0.881. The summed E-state index contributed by atoms with van der Waals surface area (Å²) in [4.78, 5) is 12.8. The third-order valence-electron chi connectivity index (χ3n) is 4.87. The van der Waals surface area contributed by atoms with Gasteiger partial charge in [0.25, 0.3) is 0 Å². The maximum Gasteiger partial charge on any atom is 0.230 e. The van der Waals surface area contributed by atoms with Crippen molar-refractivity contribution in [2.24, 2.45) is 0 Å². The summed E-state index contributed by atoms with van der Waals surface area (Å²) in [6.07, 6.45) is 5.40. The van der Waals surface area contributed by atoms with Crippen molar-refractivity contribution in [2.45, 2.75) is 50.5 Å². The molecule has 21 heavy (non-hydrogen) atoms. The largest absolute Gasteiger partial charge is 0.351 e. The van der Waals surface area contributed by atoms with E-state index in [1.165, 1.54) is 11.1 Å². The number of nitrogens with one attached hydrogen (secondary N) is 2. The van der Waals surface area contributed by atoms with Gasteiger partial charge >= 0.3 is 0 Å². The van der Waals surface area contributed by atoms with Crippen LogP contribution in [0.15, 0.2) is 24.3 Å². The van der Waals surface area contributed by atoms with Crippen LogP contribution in [0.2, 0.25) is 0 Å². The monoisotopic (exact) mass is 308 g/mol. The molecule has 4 heteroatoms. The molecule has 1 heterocycles. The molecule has 2 N–H and O–H groups in total. The normalized spacial score (nSPS) is 28.1. The number of amides is 1. The maximum atomic E-state index is 12.8. The Morgan fingerprint density at radius 3 is 2.90 bits per heavy atom. The molecule has 1 aliphatic heterocycles. The Morgan fingerprint density at radius 2 is 2.14 bits per heavy atom. The molecule has 1 aliphatic carbocycles. The number of piperidine rings is 1. The van der Waals surface area contributed by atoms with Gasteiger partial charge in [-0.15, -0.1) is 12.4 Å². The Morgan fingerprint density at radius 1 is 1.33 bits per heavy atom. The van der Waals surface area contributed by atoms with E-state index in [0.29, 0.717) is 6.04 Å². The number of carbonyl (C=O) groups is 1. The fraction of sp³-hybridized carbons (Fsp3) is 0.588. The first-order valence-corrected chi connectivity index (χ1v) is 7.80. The van der Waals surface area contributed by atoms with Crippen LogP contribution in [0.1, 0.15) is 43.7 Å². The van der Waals surface area contributed by atoms with E-state index in [1.807, 2.05) is 0 Å². The molecule has 2 atom stereocenters. The van der Waals surface area contributed by atoms with Crippen LogP contribution in [0, 0.1) is 0 Å². The second-order valence-corrected chi connectivity index (χ2v) is 6.36. The van der Waals surface area contributed by atoms with E-state index in [-0.39, 0.29) is 23.7 Å². The standard InChI is InChI=1S/C17H24N2O.ClH/c1-17(16(20)19-14-8-5-11-18-12-14)10-4-7-13-6-2-3-9-15(13)17;/h2-3,6,9,14,18H,4-5,7-8,10-12H2,1H3,(H,19,20);1H/t14-,17?;/m0./s1. The summed E-state index contributed by atoms with van der Waals surface area (Å²) in [5.41, 5.74) is 2.22. The van der Waals surface area contributed by atoms with Crippen molar-refractivity contribution in [3.63, 3.8) is 0 Å². The van der Waals surface area contributed by atoms with Gasteiger partial charge in [-0.2, -0.15) is 0 Å². The lowest BCUT2D eigenvalue weighted by atomic mass is 9.70. The molecule has 0 spiro atoms. The third kappa shape index (κ3) is 3.24. The van der Waals surface area contributed by atoms with Crippen LogP contribution in [-0.4, -0.2) is 25.0 Å². The molecule has 1 aromatic rings. The molecule has 1 amide bonds. The zero-order chi connectivity index (χ0) is 14.0. The molecule has 3 nitrogen and oxygen atoms in total. The van der Waals surface area contributed by atoms with E-state index < -0.39 is 0 Å². The van der Waals surface area contributed by atoms with Gasteiger partial charge in [-0.25, -0.2) is 0 Å². The second-order valence-electron chi connectivity index (χ2n) is 6.36. The van der Waals surface area contributed by atoms with Crippen molar-refractivity contribution in [1.29, 1.82) is 0 Å². The highest BCUT2D eigenvalue weighted by molar-refractivity contribution is 5.88. The van der Waals surface area contributed by atoms with Gasteiger partial charge in [0.15, 0.2) is 0 Å². The molecule has 116 valence electrons. The molecule has 1 unspecified atom stereocenters. The van der Waals surface area contributed by atoms with E-state index >= 15 is 0 Å². The molecule has 2 aliphatic rings. The van der Waals surface area contributed by atoms with Crippen LogP contribution in [0.3, 0.4) is 0 Å². The zero-order valence-electron chi connectivity index (χ0n) is 12.7. The Bertz CT molecular complexity index is 499. The average molecular weight is 309 g/mol. The van der Waals surface area contributed by atoms with Crippen LogP contribution in [0.25, 0.3) is 0 Å². The first kappa shape index (κ1) is 16.3. The lowest BCUT2D eigenvalue weighted by Crippen LogP contribution is -2.52. The van der Waals surface area contributed by atoms with Crippen LogP contribution in [0.4, 0.5) is 0 Å². The van der Waals surface area contributed by atoms with E-state index in [4.69, 9.17) is 0 Å². The van der Waals surface area contributed by atoms with Crippen molar-refractivity contribution in [1.82, 2.24) is 10.6 Å². The summed E-state index contributed by atoms with van der Waals surface area (Å²) in [5, 5.41) is 6.63. The minimum Gasteiger partial charge on any atom is -0.351 e. The average Bonchev–Trinajstić information content (AvgIpc) is 2.49. The Balaban J connectivity index is 0.00000161. The minimum absolute atomic E-state index is 0. The molecule has 1 saturated heterocycles. The number of benzene rings is 1. The van der Waals surface area contributed by atoms with Crippen LogP contribution in [0.5, 0.6) is 0 Å². The number of hydrogen-bond acceptors (Lipinski definition) is 2. The van der Waals surface area contributed by atoms with Gasteiger partial charge in [-0.05, 0) is 56.7 Å². The number of halogens is 1. The van der Waals surface area contributed by atoms with Gasteiger partial charge in [0.05, 0.1) is 5.41 Å². The van der Waals surface area contributed by atoms with Crippen LogP contribution < -0.4 is 10.6 Å². The van der Waals surface area contributed by atoms with Gasteiger partial charge in [0.1, 0.15) is 0 Å². The smallest absolute Gasteiger partial charge is 0.230 e. The van der Waals surface area contributed by atoms with Gasteiger partial charge in [-0.1, -0.05) is 24.3 Å². The van der Waals surface area contributed by atoms with E-state index in [0.717, 1.165) is 45.2 Å².